The van der Waals surface area contributed by atoms with E-state index in [1.54, 1.807) is 13.0 Å². The number of ether oxygens (including phenoxy) is 2. The third kappa shape index (κ3) is 6.91. The maximum atomic E-state index is 15.1. The average molecular weight is 455 g/mol. The summed E-state index contributed by atoms with van der Waals surface area (Å²) >= 11 is 0. The van der Waals surface area contributed by atoms with Gasteiger partial charge in [0.15, 0.2) is 0 Å². The minimum Gasteiger partial charge on any atom is -0.491 e. The van der Waals surface area contributed by atoms with Crippen LogP contribution in [0.2, 0.25) is 0 Å². The molecule has 0 amide bonds. The fraction of sp³-hybridized carbons (Fsp3) is 0.464. The summed E-state index contributed by atoms with van der Waals surface area (Å²) in [5.74, 6) is 1.23. The molecule has 0 unspecified atom stereocenters. The summed E-state index contributed by atoms with van der Waals surface area (Å²) in [5, 5.41) is 9.12. The summed E-state index contributed by atoms with van der Waals surface area (Å²) in [6, 6.07) is 11.2. The van der Waals surface area contributed by atoms with E-state index in [1.165, 1.54) is 12.8 Å². The average Bonchev–Trinajstić information content (AvgIpc) is 2.81. The molecule has 2 aromatic carbocycles. The molecule has 1 N–H and O–H groups in total. The van der Waals surface area contributed by atoms with Crippen molar-refractivity contribution in [2.75, 3.05) is 19.8 Å². The number of benzene rings is 2. The lowest BCUT2D eigenvalue weighted by atomic mass is 9.79. The van der Waals surface area contributed by atoms with Crippen LogP contribution < -0.4 is 4.74 Å². The minimum absolute atomic E-state index is 0.0898. The molecule has 2 aromatic rings. The van der Waals surface area contributed by atoms with E-state index in [9.17, 15) is 4.79 Å². The second kappa shape index (κ2) is 12.0. The summed E-state index contributed by atoms with van der Waals surface area (Å²) in [6.45, 7) is 7.83. The van der Waals surface area contributed by atoms with Crippen molar-refractivity contribution >= 4 is 5.97 Å². The lowest BCUT2D eigenvalue weighted by Gasteiger charge is -2.26. The summed E-state index contributed by atoms with van der Waals surface area (Å²) in [7, 11) is 0. The molecular formula is C28H35FO4. The molecule has 0 heterocycles. The van der Waals surface area contributed by atoms with Crippen LogP contribution in [-0.2, 0) is 16.0 Å². The summed E-state index contributed by atoms with van der Waals surface area (Å²) < 4.78 is 26.0. The number of hydrogen-bond acceptors (Lipinski definition) is 4. The monoisotopic (exact) mass is 454 g/mol. The number of aliphatic hydroxyl groups is 1. The Balaban J connectivity index is 1.75. The highest BCUT2D eigenvalue weighted by atomic mass is 19.1. The van der Waals surface area contributed by atoms with Gasteiger partial charge in [-0.2, -0.15) is 0 Å². The number of halogens is 1. The predicted molar refractivity (Wildman–Crippen MR) is 129 cm³/mol. The van der Waals surface area contributed by atoms with Crippen molar-refractivity contribution < 1.29 is 23.8 Å². The van der Waals surface area contributed by atoms with Crippen molar-refractivity contribution in [3.63, 3.8) is 0 Å². The van der Waals surface area contributed by atoms with Crippen LogP contribution in [0, 0.1) is 11.7 Å². The molecular weight excluding hydrogens is 419 g/mol. The van der Waals surface area contributed by atoms with Crippen molar-refractivity contribution in [1.82, 2.24) is 0 Å². The molecule has 0 aliphatic heterocycles. The Bertz CT molecular complexity index is 960. The summed E-state index contributed by atoms with van der Waals surface area (Å²) in [4.78, 5) is 11.6. The second-order valence-corrected chi connectivity index (χ2v) is 9.11. The topological polar surface area (TPSA) is 55.8 Å². The second-order valence-electron chi connectivity index (χ2n) is 9.11. The van der Waals surface area contributed by atoms with Crippen molar-refractivity contribution in [2.45, 2.75) is 58.3 Å². The van der Waals surface area contributed by atoms with Gasteiger partial charge in [-0.05, 0) is 79.3 Å². The van der Waals surface area contributed by atoms with Gasteiger partial charge in [-0.3, -0.25) is 0 Å². The molecule has 0 spiro atoms. The molecule has 3 rings (SSSR count). The highest BCUT2D eigenvalue weighted by Crippen LogP contribution is 2.37. The van der Waals surface area contributed by atoms with Gasteiger partial charge < -0.3 is 14.6 Å². The van der Waals surface area contributed by atoms with E-state index >= 15 is 4.39 Å². The molecule has 33 heavy (non-hydrogen) atoms. The van der Waals surface area contributed by atoms with E-state index in [-0.39, 0.29) is 25.6 Å². The SMILES string of the molecule is C=C(C)C(=O)OCCCc1cc(-c2ccc(C3CCC(C)CC3)cc2F)ccc1OCCO. The number of esters is 1. The minimum atomic E-state index is -0.407. The number of aryl methyl sites for hydroxylation is 1. The van der Waals surface area contributed by atoms with Gasteiger partial charge in [0, 0.05) is 11.1 Å². The van der Waals surface area contributed by atoms with Crippen LogP contribution in [-0.4, -0.2) is 30.9 Å². The van der Waals surface area contributed by atoms with Gasteiger partial charge in [-0.25, -0.2) is 9.18 Å². The van der Waals surface area contributed by atoms with Gasteiger partial charge in [0.1, 0.15) is 18.2 Å². The molecule has 0 saturated heterocycles. The Morgan fingerprint density at radius 2 is 1.88 bits per heavy atom. The maximum Gasteiger partial charge on any atom is 0.333 e. The molecule has 1 aliphatic carbocycles. The number of carbonyl (C=O) groups is 1. The molecule has 4 nitrogen and oxygen atoms in total. The van der Waals surface area contributed by atoms with E-state index in [4.69, 9.17) is 14.6 Å². The van der Waals surface area contributed by atoms with Gasteiger partial charge in [-0.15, -0.1) is 0 Å². The van der Waals surface area contributed by atoms with E-state index in [1.807, 2.05) is 24.3 Å². The molecule has 1 fully saturated rings. The van der Waals surface area contributed by atoms with Crippen LogP contribution in [0.25, 0.3) is 11.1 Å². The van der Waals surface area contributed by atoms with E-state index in [0.717, 1.165) is 35.4 Å². The third-order valence-electron chi connectivity index (χ3n) is 6.37. The largest absolute Gasteiger partial charge is 0.491 e. The molecule has 1 aliphatic rings. The first-order valence-corrected chi connectivity index (χ1v) is 11.9. The lowest BCUT2D eigenvalue weighted by Crippen LogP contribution is -2.11. The maximum absolute atomic E-state index is 15.1. The van der Waals surface area contributed by atoms with Gasteiger partial charge in [0.25, 0.3) is 0 Å². The Hall–Kier alpha value is -2.66. The smallest absolute Gasteiger partial charge is 0.333 e. The van der Waals surface area contributed by atoms with Crippen LogP contribution in [0.5, 0.6) is 5.75 Å². The van der Waals surface area contributed by atoms with Gasteiger partial charge in [0.05, 0.1) is 13.2 Å². The van der Waals surface area contributed by atoms with Crippen LogP contribution >= 0.6 is 0 Å². The van der Waals surface area contributed by atoms with Gasteiger partial charge in [0.2, 0.25) is 0 Å². The highest BCUT2D eigenvalue weighted by molar-refractivity contribution is 5.86. The normalized spacial score (nSPS) is 18.1. The lowest BCUT2D eigenvalue weighted by molar-refractivity contribution is -0.139. The van der Waals surface area contributed by atoms with Crippen LogP contribution in [0.15, 0.2) is 48.6 Å². The van der Waals surface area contributed by atoms with Crippen LogP contribution in [0.4, 0.5) is 4.39 Å². The Labute approximate surface area is 196 Å². The quantitative estimate of drug-likeness (QED) is 0.263. The van der Waals surface area contributed by atoms with Crippen molar-refractivity contribution in [1.29, 1.82) is 0 Å². The van der Waals surface area contributed by atoms with E-state index in [2.05, 4.69) is 19.6 Å². The Morgan fingerprint density at radius 1 is 1.12 bits per heavy atom. The standard InChI is InChI=1S/C28H35FO4/c1-19(2)28(31)33-15-4-5-24-17-23(11-13-27(24)32-16-14-30)25-12-10-22(18-26(25)29)21-8-6-20(3)7-9-21/h10-13,17-18,20-21,30H,1,4-9,14-16H2,2-3H3. The third-order valence-corrected chi connectivity index (χ3v) is 6.37. The van der Waals surface area contributed by atoms with E-state index < -0.39 is 5.97 Å². The van der Waals surface area contributed by atoms with Gasteiger partial charge >= 0.3 is 5.97 Å². The van der Waals surface area contributed by atoms with Crippen molar-refractivity contribution in [2.24, 2.45) is 5.92 Å². The first kappa shape index (κ1) is 25.0. The molecule has 1 saturated carbocycles. The van der Waals surface area contributed by atoms with Crippen LogP contribution in [0.1, 0.15) is 63.0 Å². The summed E-state index contributed by atoms with van der Waals surface area (Å²) in [6.07, 6.45) is 5.84. The number of rotatable bonds is 10. The first-order valence-electron chi connectivity index (χ1n) is 11.9. The first-order chi connectivity index (χ1) is 15.9. The number of carbonyl (C=O) groups excluding carboxylic acids is 1. The van der Waals surface area contributed by atoms with Crippen molar-refractivity contribution in [3.05, 3.63) is 65.5 Å². The molecule has 0 radical (unpaired) electrons. The zero-order chi connectivity index (χ0) is 23.8. The molecule has 178 valence electrons. The molecule has 5 heteroatoms. The van der Waals surface area contributed by atoms with E-state index in [0.29, 0.717) is 35.6 Å². The fourth-order valence-electron chi connectivity index (χ4n) is 4.40. The molecule has 0 aromatic heterocycles. The van der Waals surface area contributed by atoms with Crippen LogP contribution in [0.3, 0.4) is 0 Å². The molecule has 0 bridgehead atoms. The van der Waals surface area contributed by atoms with Crippen molar-refractivity contribution in [3.8, 4) is 16.9 Å². The predicted octanol–water partition coefficient (Wildman–Crippen LogP) is 6.21. The van der Waals surface area contributed by atoms with Gasteiger partial charge in [-0.1, -0.05) is 44.5 Å². The Kier molecular flexibility index (Phi) is 9.07. The summed E-state index contributed by atoms with van der Waals surface area (Å²) in [5.41, 5.74) is 3.68. The number of aliphatic hydroxyl groups excluding tert-OH is 1. The fourth-order valence-corrected chi connectivity index (χ4v) is 4.40. The zero-order valence-electron chi connectivity index (χ0n) is 19.7. The number of hydrogen-bond donors (Lipinski definition) is 1. The highest BCUT2D eigenvalue weighted by Gasteiger charge is 2.21. The molecule has 0 atom stereocenters. The zero-order valence-corrected chi connectivity index (χ0v) is 19.7. The Morgan fingerprint density at radius 3 is 2.55 bits per heavy atom.